The van der Waals surface area contributed by atoms with E-state index in [9.17, 15) is 0 Å². The third-order valence-electron chi connectivity index (χ3n) is 4.01. The Morgan fingerprint density at radius 2 is 1.78 bits per heavy atom. The molecule has 0 saturated heterocycles. The molecule has 2 aromatic carbocycles. The van der Waals surface area contributed by atoms with Crippen molar-refractivity contribution >= 4 is 23.2 Å². The third kappa shape index (κ3) is 4.41. The molecule has 2 aromatic rings. The van der Waals surface area contributed by atoms with E-state index in [1.54, 1.807) is 7.11 Å². The van der Waals surface area contributed by atoms with E-state index < -0.39 is 0 Å². The van der Waals surface area contributed by atoms with Crippen LogP contribution in [-0.4, -0.2) is 21.2 Å². The Morgan fingerprint density at radius 1 is 1.04 bits per heavy atom. The summed E-state index contributed by atoms with van der Waals surface area (Å²) in [6.07, 6.45) is 3.47. The summed E-state index contributed by atoms with van der Waals surface area (Å²) in [4.78, 5) is 0. The summed E-state index contributed by atoms with van der Waals surface area (Å²) in [5, 5.41) is 3.98. The Balaban J connectivity index is 0.000000595. The molecule has 1 atom stereocenters. The molecule has 1 N–H and O–H groups in total. The van der Waals surface area contributed by atoms with Gasteiger partial charge in [0, 0.05) is 5.92 Å². The molecule has 23 heavy (non-hydrogen) atoms. The van der Waals surface area contributed by atoms with Crippen LogP contribution < -0.4 is 10.1 Å². The largest absolute Gasteiger partial charge is 0.497 e. The van der Waals surface area contributed by atoms with Crippen molar-refractivity contribution in [1.82, 2.24) is 5.32 Å². The molecule has 0 aliphatic heterocycles. The number of hydrogen-bond donors (Lipinski definition) is 1. The van der Waals surface area contributed by atoms with Crippen molar-refractivity contribution in [2.24, 2.45) is 0 Å². The van der Waals surface area contributed by atoms with Crippen molar-refractivity contribution in [3.05, 3.63) is 63.1 Å². The molecular weight excluding hydrogens is 329 g/mol. The predicted molar refractivity (Wildman–Crippen MR) is 99.2 cm³/mol. The molecule has 124 valence electrons. The molecular formula is C19H23Cl2NO. The van der Waals surface area contributed by atoms with E-state index in [2.05, 4.69) is 23.5 Å². The van der Waals surface area contributed by atoms with E-state index in [1.807, 2.05) is 32.3 Å². The number of methoxy groups -OCH3 is 1. The lowest BCUT2D eigenvalue weighted by molar-refractivity contribution is 0.413. The second-order valence-corrected chi connectivity index (χ2v) is 6.50. The average Bonchev–Trinajstić information content (AvgIpc) is 2.57. The highest BCUT2D eigenvalue weighted by Crippen LogP contribution is 2.39. The Labute approximate surface area is 148 Å². The zero-order valence-corrected chi connectivity index (χ0v) is 15.3. The normalized spacial score (nSPS) is 16.1. The minimum Gasteiger partial charge on any atom is -0.497 e. The van der Waals surface area contributed by atoms with Gasteiger partial charge < -0.3 is 10.1 Å². The van der Waals surface area contributed by atoms with Crippen molar-refractivity contribution in [3.8, 4) is 5.75 Å². The van der Waals surface area contributed by atoms with E-state index in [4.69, 9.17) is 27.9 Å². The average molecular weight is 352 g/mol. The fourth-order valence-electron chi connectivity index (χ4n) is 2.98. The summed E-state index contributed by atoms with van der Waals surface area (Å²) in [5.74, 6) is 1.29. The Kier molecular flexibility index (Phi) is 6.76. The van der Waals surface area contributed by atoms with Gasteiger partial charge in [0.25, 0.3) is 0 Å². The van der Waals surface area contributed by atoms with Crippen LogP contribution in [0.15, 0.2) is 36.4 Å². The second-order valence-electron chi connectivity index (χ2n) is 5.68. The second kappa shape index (κ2) is 8.58. The molecule has 1 unspecified atom stereocenters. The molecule has 4 heteroatoms. The fourth-order valence-corrected chi connectivity index (χ4v) is 3.29. The van der Waals surface area contributed by atoms with Crippen LogP contribution in [0.1, 0.15) is 35.4 Å². The third-order valence-corrected chi connectivity index (χ3v) is 4.75. The molecule has 0 fully saturated rings. The molecule has 1 aliphatic rings. The van der Waals surface area contributed by atoms with Crippen molar-refractivity contribution in [3.63, 3.8) is 0 Å². The van der Waals surface area contributed by atoms with Gasteiger partial charge in [-0.2, -0.15) is 0 Å². The van der Waals surface area contributed by atoms with Crippen LogP contribution in [-0.2, 0) is 6.42 Å². The van der Waals surface area contributed by atoms with Gasteiger partial charge in [-0.05, 0) is 74.3 Å². The summed E-state index contributed by atoms with van der Waals surface area (Å²) in [7, 11) is 5.46. The van der Waals surface area contributed by atoms with Crippen molar-refractivity contribution in [2.75, 3.05) is 21.2 Å². The number of aryl methyl sites for hydroxylation is 1. The smallest absolute Gasteiger partial charge is 0.119 e. The molecule has 0 aromatic heterocycles. The molecule has 0 amide bonds. The number of ether oxygens (including phenoxy) is 1. The molecule has 0 bridgehead atoms. The number of benzene rings is 2. The standard InChI is InChI=1S/C17H16Cl2O.C2H7N/c1-20-13-7-5-11-3-2-4-14(15(11)10-13)12-6-8-16(18)17(19)9-12;1-3-2/h5-10,14H,2-4H2,1H3;3H,1-2H3. The van der Waals surface area contributed by atoms with Gasteiger partial charge in [0.2, 0.25) is 0 Å². The molecule has 0 saturated carbocycles. The highest BCUT2D eigenvalue weighted by atomic mass is 35.5. The summed E-state index contributed by atoms with van der Waals surface area (Å²) in [5.41, 5.74) is 4.00. The lowest BCUT2D eigenvalue weighted by Crippen LogP contribution is -2.11. The maximum Gasteiger partial charge on any atom is 0.119 e. The summed E-state index contributed by atoms with van der Waals surface area (Å²) in [6.45, 7) is 0. The maximum atomic E-state index is 6.16. The van der Waals surface area contributed by atoms with Gasteiger partial charge in [0.15, 0.2) is 0 Å². The molecule has 0 radical (unpaired) electrons. The fraction of sp³-hybridized carbons (Fsp3) is 0.368. The zero-order valence-electron chi connectivity index (χ0n) is 13.8. The topological polar surface area (TPSA) is 21.3 Å². The van der Waals surface area contributed by atoms with Crippen LogP contribution in [0.5, 0.6) is 5.75 Å². The Bertz CT molecular complexity index is 658. The first-order chi connectivity index (χ1) is 11.1. The molecule has 3 rings (SSSR count). The quantitative estimate of drug-likeness (QED) is 0.791. The highest BCUT2D eigenvalue weighted by Gasteiger charge is 2.22. The van der Waals surface area contributed by atoms with Crippen molar-refractivity contribution in [1.29, 1.82) is 0 Å². The SMILES string of the molecule is CNC.COc1ccc2c(c1)C(c1ccc(Cl)c(Cl)c1)CCC2. The number of halogens is 2. The van der Waals surface area contributed by atoms with Crippen LogP contribution in [0.25, 0.3) is 0 Å². The van der Waals surface area contributed by atoms with Crippen LogP contribution >= 0.6 is 23.2 Å². The van der Waals surface area contributed by atoms with E-state index in [0.717, 1.165) is 18.6 Å². The number of hydrogen-bond acceptors (Lipinski definition) is 2. The minimum atomic E-state index is 0.378. The van der Waals surface area contributed by atoms with Gasteiger partial charge in [-0.25, -0.2) is 0 Å². The number of nitrogens with one attached hydrogen (secondary N) is 1. The first-order valence-electron chi connectivity index (χ1n) is 7.81. The van der Waals surface area contributed by atoms with Crippen LogP contribution in [0.4, 0.5) is 0 Å². The first-order valence-corrected chi connectivity index (χ1v) is 8.56. The van der Waals surface area contributed by atoms with Crippen molar-refractivity contribution < 1.29 is 4.74 Å². The van der Waals surface area contributed by atoms with Gasteiger partial charge in [-0.1, -0.05) is 35.3 Å². The monoisotopic (exact) mass is 351 g/mol. The van der Waals surface area contributed by atoms with E-state index in [1.165, 1.54) is 23.1 Å². The van der Waals surface area contributed by atoms with Gasteiger partial charge >= 0.3 is 0 Å². The number of fused-ring (bicyclic) bond motifs is 1. The highest BCUT2D eigenvalue weighted by molar-refractivity contribution is 6.42. The van der Waals surface area contributed by atoms with E-state index in [-0.39, 0.29) is 0 Å². The molecule has 1 aliphatic carbocycles. The van der Waals surface area contributed by atoms with Crippen LogP contribution in [0.3, 0.4) is 0 Å². The lowest BCUT2D eigenvalue weighted by atomic mass is 9.79. The van der Waals surface area contributed by atoms with Gasteiger partial charge in [0.05, 0.1) is 17.2 Å². The van der Waals surface area contributed by atoms with Gasteiger partial charge in [0.1, 0.15) is 5.75 Å². The molecule has 0 spiro atoms. The van der Waals surface area contributed by atoms with E-state index >= 15 is 0 Å². The molecule has 0 heterocycles. The lowest BCUT2D eigenvalue weighted by Gasteiger charge is -2.26. The van der Waals surface area contributed by atoms with Crippen LogP contribution in [0.2, 0.25) is 10.0 Å². The molecule has 2 nitrogen and oxygen atoms in total. The summed E-state index contributed by atoms with van der Waals surface area (Å²) >= 11 is 12.2. The Hall–Kier alpha value is -1.22. The van der Waals surface area contributed by atoms with E-state index in [0.29, 0.717) is 16.0 Å². The maximum absolute atomic E-state index is 6.16. The first kappa shape index (κ1) is 18.1. The number of rotatable bonds is 2. The Morgan fingerprint density at radius 3 is 2.43 bits per heavy atom. The van der Waals surface area contributed by atoms with Crippen LogP contribution in [0, 0.1) is 0 Å². The van der Waals surface area contributed by atoms with Crippen molar-refractivity contribution in [2.45, 2.75) is 25.2 Å². The minimum absolute atomic E-state index is 0.378. The summed E-state index contributed by atoms with van der Waals surface area (Å²) in [6, 6.07) is 12.3. The predicted octanol–water partition coefficient (Wildman–Crippen LogP) is 5.31. The zero-order chi connectivity index (χ0) is 16.8. The summed E-state index contributed by atoms with van der Waals surface area (Å²) < 4.78 is 5.36. The van der Waals surface area contributed by atoms with Gasteiger partial charge in [-0.15, -0.1) is 0 Å². The van der Waals surface area contributed by atoms with Gasteiger partial charge in [-0.3, -0.25) is 0 Å².